The molecule has 0 aromatic heterocycles. The van der Waals surface area contributed by atoms with Crippen molar-refractivity contribution in [3.05, 3.63) is 35.4 Å². The highest BCUT2D eigenvalue weighted by atomic mass is 16.2. The molecule has 106 valence electrons. The van der Waals surface area contributed by atoms with Crippen LogP contribution in [0.3, 0.4) is 0 Å². The number of benzene rings is 1. The number of nitrogens with two attached hydrogens (primary N) is 1. The van der Waals surface area contributed by atoms with Crippen LogP contribution in [0.5, 0.6) is 0 Å². The van der Waals surface area contributed by atoms with Gasteiger partial charge in [0, 0.05) is 18.5 Å². The molecular weight excluding hydrogens is 258 g/mol. The van der Waals surface area contributed by atoms with E-state index in [0.29, 0.717) is 18.5 Å². The summed E-state index contributed by atoms with van der Waals surface area (Å²) in [6.45, 7) is 0.446. The lowest BCUT2D eigenvalue weighted by molar-refractivity contribution is -0.136. The van der Waals surface area contributed by atoms with Gasteiger partial charge in [-0.25, -0.2) is 0 Å². The number of carbonyl (C=O) groups excluding carboxylic acids is 3. The predicted octanol–water partition coefficient (Wildman–Crippen LogP) is 0.0225. The van der Waals surface area contributed by atoms with Crippen LogP contribution in [0, 0.1) is 0 Å². The van der Waals surface area contributed by atoms with Crippen molar-refractivity contribution >= 4 is 17.7 Å². The predicted molar refractivity (Wildman–Crippen MR) is 72.6 cm³/mol. The fraction of sp³-hybridized carbons (Fsp3) is 0.357. The first kappa shape index (κ1) is 14.2. The van der Waals surface area contributed by atoms with Crippen molar-refractivity contribution in [3.63, 3.8) is 0 Å². The van der Waals surface area contributed by atoms with Gasteiger partial charge in [-0.1, -0.05) is 18.2 Å². The highest BCUT2D eigenvalue weighted by Gasteiger charge is 2.38. The average Bonchev–Trinajstić information content (AvgIpc) is 2.79. The molecule has 0 saturated carbocycles. The molecule has 6 nitrogen and oxygen atoms in total. The van der Waals surface area contributed by atoms with E-state index >= 15 is 0 Å². The van der Waals surface area contributed by atoms with Crippen LogP contribution in [0.2, 0.25) is 0 Å². The largest absolute Gasteiger partial charge is 0.333 e. The highest BCUT2D eigenvalue weighted by Crippen LogP contribution is 2.26. The second-order valence-corrected chi connectivity index (χ2v) is 4.56. The molecule has 6 heteroatoms. The molecule has 1 atom stereocenters. The zero-order valence-corrected chi connectivity index (χ0v) is 11.3. The van der Waals surface area contributed by atoms with E-state index in [1.165, 1.54) is 7.05 Å². The third-order valence-electron chi connectivity index (χ3n) is 3.44. The van der Waals surface area contributed by atoms with E-state index in [0.717, 1.165) is 5.56 Å². The van der Waals surface area contributed by atoms with Crippen LogP contribution in [0.25, 0.3) is 0 Å². The molecule has 20 heavy (non-hydrogen) atoms. The average molecular weight is 275 g/mol. The monoisotopic (exact) mass is 275 g/mol. The molecule has 0 spiro atoms. The molecule has 3 amide bonds. The molecule has 1 unspecified atom stereocenters. The fourth-order valence-electron chi connectivity index (χ4n) is 2.51. The molecule has 2 aliphatic rings. The lowest BCUT2D eigenvalue weighted by atomic mass is 10.0. The Kier molecular flexibility index (Phi) is 4.14. The van der Waals surface area contributed by atoms with Crippen LogP contribution in [0.4, 0.5) is 0 Å². The Hall–Kier alpha value is -2.21. The van der Waals surface area contributed by atoms with E-state index in [1.807, 2.05) is 18.2 Å². The van der Waals surface area contributed by atoms with Crippen LogP contribution in [0.1, 0.15) is 28.8 Å². The topological polar surface area (TPSA) is 92.5 Å². The molecule has 1 saturated heterocycles. The summed E-state index contributed by atoms with van der Waals surface area (Å²) < 4.78 is 0. The summed E-state index contributed by atoms with van der Waals surface area (Å²) in [5.41, 5.74) is 6.09. The number of carbonyl (C=O) groups is 3. The molecule has 1 aromatic carbocycles. The summed E-state index contributed by atoms with van der Waals surface area (Å²) >= 11 is 0. The summed E-state index contributed by atoms with van der Waals surface area (Å²) in [6.07, 6.45) is 0.695. The molecule has 2 heterocycles. The number of hydrogen-bond acceptors (Lipinski definition) is 4. The van der Waals surface area contributed by atoms with E-state index in [-0.39, 0.29) is 24.1 Å². The number of nitrogens with zero attached hydrogens (tertiary/aromatic N) is 1. The minimum atomic E-state index is -0.525. The van der Waals surface area contributed by atoms with Gasteiger partial charge in [-0.2, -0.15) is 0 Å². The molecule has 2 aliphatic heterocycles. The number of fused-ring (bicyclic) bond motifs is 1. The van der Waals surface area contributed by atoms with Crippen molar-refractivity contribution in [2.75, 3.05) is 7.05 Å². The Balaban J connectivity index is 0.000000704. The lowest BCUT2D eigenvalue weighted by Gasteiger charge is -2.29. The number of amides is 3. The molecule has 3 rings (SSSR count). The van der Waals surface area contributed by atoms with Gasteiger partial charge in [0.05, 0.1) is 0 Å². The third-order valence-corrected chi connectivity index (χ3v) is 3.44. The number of piperidine rings is 1. The SMILES string of the molecule is CN.O=C1CCC(N2Cc3ccccc3C2=O)C(=O)N1. The van der Waals surface area contributed by atoms with Crippen molar-refractivity contribution in [1.29, 1.82) is 0 Å². The number of hydrogen-bond donors (Lipinski definition) is 2. The van der Waals surface area contributed by atoms with Crippen molar-refractivity contribution in [2.45, 2.75) is 25.4 Å². The van der Waals surface area contributed by atoms with Crippen molar-refractivity contribution in [2.24, 2.45) is 5.73 Å². The zero-order valence-electron chi connectivity index (χ0n) is 11.3. The Morgan fingerprint density at radius 1 is 1.20 bits per heavy atom. The van der Waals surface area contributed by atoms with Gasteiger partial charge in [0.1, 0.15) is 6.04 Å². The molecule has 3 N–H and O–H groups in total. The van der Waals surface area contributed by atoms with Crippen LogP contribution in [0.15, 0.2) is 24.3 Å². The Morgan fingerprint density at radius 2 is 1.90 bits per heavy atom. The van der Waals surface area contributed by atoms with Crippen molar-refractivity contribution in [1.82, 2.24) is 10.2 Å². The van der Waals surface area contributed by atoms with E-state index < -0.39 is 6.04 Å². The Morgan fingerprint density at radius 3 is 2.55 bits per heavy atom. The Labute approximate surface area is 116 Å². The van der Waals surface area contributed by atoms with Crippen LogP contribution < -0.4 is 11.1 Å². The first-order chi connectivity index (χ1) is 9.66. The summed E-state index contributed by atoms with van der Waals surface area (Å²) in [4.78, 5) is 36.6. The normalized spacial score (nSPS) is 21.0. The first-order valence-electron chi connectivity index (χ1n) is 6.47. The number of rotatable bonds is 1. The first-order valence-corrected chi connectivity index (χ1v) is 6.47. The van der Waals surface area contributed by atoms with E-state index in [2.05, 4.69) is 11.1 Å². The lowest BCUT2D eigenvalue weighted by Crippen LogP contribution is -2.52. The molecule has 0 aliphatic carbocycles. The molecule has 1 fully saturated rings. The number of imide groups is 1. The quantitative estimate of drug-likeness (QED) is 0.707. The van der Waals surface area contributed by atoms with Gasteiger partial charge in [-0.15, -0.1) is 0 Å². The van der Waals surface area contributed by atoms with Crippen molar-refractivity contribution < 1.29 is 14.4 Å². The minimum absolute atomic E-state index is 0.125. The molecule has 0 radical (unpaired) electrons. The van der Waals surface area contributed by atoms with Crippen molar-refractivity contribution in [3.8, 4) is 0 Å². The Bertz CT molecular complexity index is 556. The maximum absolute atomic E-state index is 12.2. The summed E-state index contributed by atoms with van der Waals surface area (Å²) in [7, 11) is 1.50. The van der Waals surface area contributed by atoms with Gasteiger partial charge in [0.2, 0.25) is 11.8 Å². The van der Waals surface area contributed by atoms with Crippen LogP contribution in [-0.2, 0) is 16.1 Å². The maximum atomic E-state index is 12.2. The van der Waals surface area contributed by atoms with E-state index in [9.17, 15) is 14.4 Å². The third kappa shape index (κ3) is 2.42. The smallest absolute Gasteiger partial charge is 0.255 e. The second-order valence-electron chi connectivity index (χ2n) is 4.56. The van der Waals surface area contributed by atoms with Crippen LogP contribution in [-0.4, -0.2) is 35.7 Å². The van der Waals surface area contributed by atoms with Gasteiger partial charge >= 0.3 is 0 Å². The van der Waals surface area contributed by atoms with Gasteiger partial charge < -0.3 is 10.6 Å². The summed E-state index contributed by atoms with van der Waals surface area (Å²) in [5.74, 6) is -0.757. The summed E-state index contributed by atoms with van der Waals surface area (Å²) in [6, 6.07) is 6.82. The maximum Gasteiger partial charge on any atom is 0.255 e. The summed E-state index contributed by atoms with van der Waals surface area (Å²) in [5, 5.41) is 2.28. The zero-order chi connectivity index (χ0) is 14.7. The molecule has 1 aromatic rings. The van der Waals surface area contributed by atoms with Gasteiger partial charge in [-0.05, 0) is 25.1 Å². The fourth-order valence-corrected chi connectivity index (χ4v) is 2.51. The van der Waals surface area contributed by atoms with Crippen LogP contribution >= 0.6 is 0 Å². The van der Waals surface area contributed by atoms with Gasteiger partial charge in [0.25, 0.3) is 5.91 Å². The van der Waals surface area contributed by atoms with Gasteiger partial charge in [0.15, 0.2) is 0 Å². The minimum Gasteiger partial charge on any atom is -0.333 e. The highest BCUT2D eigenvalue weighted by molar-refractivity contribution is 6.05. The standard InChI is InChI=1S/C13H12N2O3.CH5N/c16-11-6-5-10(12(17)14-11)15-7-8-3-1-2-4-9(8)13(15)18;1-2/h1-4,10H,5-7H2,(H,14,16,17);2H2,1H3. The molecular formula is C14H17N3O3. The van der Waals surface area contributed by atoms with Gasteiger partial charge in [-0.3, -0.25) is 19.7 Å². The van der Waals surface area contributed by atoms with E-state index in [1.54, 1.807) is 11.0 Å². The van der Waals surface area contributed by atoms with E-state index in [4.69, 9.17) is 0 Å². The number of nitrogens with one attached hydrogen (secondary N) is 1. The second kappa shape index (κ2) is 5.83. The molecule has 0 bridgehead atoms.